The second-order valence-electron chi connectivity index (χ2n) is 10.0. The van der Waals surface area contributed by atoms with Crippen molar-refractivity contribution in [2.75, 3.05) is 19.7 Å². The van der Waals surface area contributed by atoms with Gasteiger partial charge in [-0.05, 0) is 98.7 Å². The summed E-state index contributed by atoms with van der Waals surface area (Å²) in [6, 6.07) is 4.40. The molecule has 0 saturated heterocycles. The monoisotopic (exact) mass is 455 g/mol. The number of Topliss-reactive ketones (excluding diaryl/α,β-unsaturated/α-hetero) is 1. The molecule has 1 aliphatic carbocycles. The summed E-state index contributed by atoms with van der Waals surface area (Å²) < 4.78 is 6.05. The van der Waals surface area contributed by atoms with Crippen molar-refractivity contribution in [3.05, 3.63) is 49.7 Å². The van der Waals surface area contributed by atoms with Crippen LogP contribution >= 0.6 is 11.3 Å². The van der Waals surface area contributed by atoms with Crippen LogP contribution in [0.4, 0.5) is 0 Å². The summed E-state index contributed by atoms with van der Waals surface area (Å²) in [6.45, 7) is 16.0. The summed E-state index contributed by atoms with van der Waals surface area (Å²) in [7, 11) is 0. The van der Waals surface area contributed by atoms with Gasteiger partial charge >= 0.3 is 0 Å². The minimum Gasteiger partial charge on any atom is -0.493 e. The Balaban J connectivity index is 1.65. The molecule has 1 aliphatic rings. The Kier molecular flexibility index (Phi) is 8.57. The van der Waals surface area contributed by atoms with E-state index in [1.54, 1.807) is 11.3 Å². The Bertz CT molecular complexity index is 918. The molecule has 3 nitrogen and oxygen atoms in total. The fourth-order valence-electron chi connectivity index (χ4n) is 4.89. The van der Waals surface area contributed by atoms with Gasteiger partial charge in [0.1, 0.15) is 5.75 Å². The van der Waals surface area contributed by atoms with Gasteiger partial charge in [-0.15, -0.1) is 11.3 Å². The SMILES string of the molecule is CCNCCCOc1c(C)cc(CCC(=O)c2sc(CC)c3c2CCC(C)(C)C3)cc1C. The summed E-state index contributed by atoms with van der Waals surface area (Å²) >= 11 is 1.77. The molecule has 2 aromatic rings. The molecule has 0 unspecified atom stereocenters. The molecule has 0 atom stereocenters. The highest BCUT2D eigenvalue weighted by molar-refractivity contribution is 7.14. The highest BCUT2D eigenvalue weighted by Gasteiger charge is 2.31. The van der Waals surface area contributed by atoms with Gasteiger partial charge in [0.25, 0.3) is 0 Å². The smallest absolute Gasteiger partial charge is 0.173 e. The number of aryl methyl sites for hydroxylation is 4. The summed E-state index contributed by atoms with van der Waals surface area (Å²) in [6.07, 6.45) is 6.76. The third kappa shape index (κ3) is 6.02. The number of hydrogen-bond donors (Lipinski definition) is 1. The van der Waals surface area contributed by atoms with Crippen LogP contribution in [0.2, 0.25) is 0 Å². The molecule has 1 N–H and O–H groups in total. The largest absolute Gasteiger partial charge is 0.493 e. The van der Waals surface area contributed by atoms with Crippen LogP contribution in [0.1, 0.15) is 89.3 Å². The van der Waals surface area contributed by atoms with Gasteiger partial charge in [-0.1, -0.05) is 39.8 Å². The molecule has 4 heteroatoms. The first-order valence-corrected chi connectivity index (χ1v) is 13.2. The molecular formula is C28H41NO2S. The molecule has 1 aromatic heterocycles. The predicted octanol–water partition coefficient (Wildman–Crippen LogP) is 6.64. The van der Waals surface area contributed by atoms with Crippen molar-refractivity contribution in [1.82, 2.24) is 5.32 Å². The normalized spacial score (nSPS) is 14.9. The van der Waals surface area contributed by atoms with E-state index in [0.717, 1.165) is 62.4 Å². The highest BCUT2D eigenvalue weighted by Crippen LogP contribution is 2.42. The lowest BCUT2D eigenvalue weighted by molar-refractivity contribution is 0.0985. The zero-order valence-electron chi connectivity index (χ0n) is 21.0. The van der Waals surface area contributed by atoms with Gasteiger partial charge in [0, 0.05) is 11.3 Å². The second-order valence-corrected chi connectivity index (χ2v) is 11.1. The maximum absolute atomic E-state index is 13.2. The van der Waals surface area contributed by atoms with Crippen LogP contribution in [0.25, 0.3) is 0 Å². The van der Waals surface area contributed by atoms with Crippen LogP contribution in [0, 0.1) is 19.3 Å². The van der Waals surface area contributed by atoms with Crippen LogP contribution in [0.3, 0.4) is 0 Å². The molecule has 0 aliphatic heterocycles. The van der Waals surface area contributed by atoms with Crippen LogP contribution in [-0.4, -0.2) is 25.5 Å². The highest BCUT2D eigenvalue weighted by atomic mass is 32.1. The lowest BCUT2D eigenvalue weighted by atomic mass is 9.74. The number of ether oxygens (including phenoxy) is 1. The van der Waals surface area contributed by atoms with Crippen LogP contribution in [0.5, 0.6) is 5.75 Å². The third-order valence-corrected chi connectivity index (χ3v) is 8.10. The van der Waals surface area contributed by atoms with Crippen molar-refractivity contribution in [2.45, 2.75) is 86.5 Å². The fraction of sp³-hybridized carbons (Fsp3) is 0.607. The van der Waals surface area contributed by atoms with Gasteiger partial charge in [-0.25, -0.2) is 0 Å². The molecule has 1 heterocycles. The van der Waals surface area contributed by atoms with Crippen molar-refractivity contribution >= 4 is 17.1 Å². The van der Waals surface area contributed by atoms with E-state index < -0.39 is 0 Å². The third-order valence-electron chi connectivity index (χ3n) is 6.64. The number of ketones is 1. The van der Waals surface area contributed by atoms with Gasteiger partial charge in [-0.3, -0.25) is 4.79 Å². The Hall–Kier alpha value is -1.65. The van der Waals surface area contributed by atoms with Gasteiger partial charge in [0.15, 0.2) is 5.78 Å². The Morgan fingerprint density at radius 1 is 1.16 bits per heavy atom. The molecule has 176 valence electrons. The van der Waals surface area contributed by atoms with E-state index in [-0.39, 0.29) is 0 Å². The number of rotatable bonds is 11. The van der Waals surface area contributed by atoms with Crippen LogP contribution in [0.15, 0.2) is 12.1 Å². The summed E-state index contributed by atoms with van der Waals surface area (Å²) in [4.78, 5) is 15.7. The van der Waals surface area contributed by atoms with Gasteiger partial charge < -0.3 is 10.1 Å². The average molecular weight is 456 g/mol. The standard InChI is InChI=1S/C28H41NO2S/c1-7-25-23-18-28(5,6)13-12-22(23)27(32-25)24(30)11-10-21-16-19(3)26(20(4)17-21)31-15-9-14-29-8-2/h16-17,29H,7-15,18H2,1-6H3. The average Bonchev–Trinajstić information content (AvgIpc) is 3.10. The van der Waals surface area contributed by atoms with Crippen molar-refractivity contribution in [3.8, 4) is 5.75 Å². The number of benzene rings is 1. The van der Waals surface area contributed by atoms with Crippen LogP contribution in [-0.2, 0) is 25.7 Å². The minimum atomic E-state index is 0.324. The lowest BCUT2D eigenvalue weighted by Crippen LogP contribution is -2.22. The van der Waals surface area contributed by atoms with E-state index in [1.165, 1.54) is 39.1 Å². The summed E-state index contributed by atoms with van der Waals surface area (Å²) in [5, 5.41) is 3.33. The molecule has 0 bridgehead atoms. The number of carbonyl (C=O) groups is 1. The second kappa shape index (κ2) is 11.0. The minimum absolute atomic E-state index is 0.324. The van der Waals surface area contributed by atoms with Crippen molar-refractivity contribution in [2.24, 2.45) is 5.41 Å². The topological polar surface area (TPSA) is 38.3 Å². The lowest BCUT2D eigenvalue weighted by Gasteiger charge is -2.30. The van der Waals surface area contributed by atoms with Crippen molar-refractivity contribution < 1.29 is 9.53 Å². The van der Waals surface area contributed by atoms with E-state index in [0.29, 0.717) is 17.6 Å². The number of nitrogens with one attached hydrogen (secondary N) is 1. The zero-order chi connectivity index (χ0) is 23.3. The van der Waals surface area contributed by atoms with E-state index in [1.807, 2.05) is 0 Å². The molecular weight excluding hydrogens is 414 g/mol. The number of carbonyl (C=O) groups excluding carboxylic acids is 1. The van der Waals surface area contributed by atoms with E-state index in [4.69, 9.17) is 4.74 Å². The molecule has 1 aromatic carbocycles. The number of hydrogen-bond acceptors (Lipinski definition) is 4. The molecule has 3 rings (SSSR count). The quantitative estimate of drug-likeness (QED) is 0.305. The Morgan fingerprint density at radius 3 is 2.53 bits per heavy atom. The van der Waals surface area contributed by atoms with E-state index in [9.17, 15) is 4.79 Å². The zero-order valence-corrected chi connectivity index (χ0v) is 21.8. The number of fused-ring (bicyclic) bond motifs is 1. The first-order chi connectivity index (χ1) is 15.3. The molecule has 0 amide bonds. The summed E-state index contributed by atoms with van der Waals surface area (Å²) in [5.74, 6) is 1.32. The Morgan fingerprint density at radius 2 is 1.88 bits per heavy atom. The first-order valence-electron chi connectivity index (χ1n) is 12.4. The van der Waals surface area contributed by atoms with Crippen LogP contribution < -0.4 is 10.1 Å². The van der Waals surface area contributed by atoms with Crippen molar-refractivity contribution in [1.29, 1.82) is 0 Å². The fourth-order valence-corrected chi connectivity index (χ4v) is 6.17. The maximum Gasteiger partial charge on any atom is 0.173 e. The predicted molar refractivity (Wildman–Crippen MR) is 137 cm³/mol. The van der Waals surface area contributed by atoms with Gasteiger partial charge in [-0.2, -0.15) is 0 Å². The summed E-state index contributed by atoms with van der Waals surface area (Å²) in [5.41, 5.74) is 6.77. The molecule has 0 fully saturated rings. The first kappa shape index (κ1) is 25.0. The molecule has 0 saturated carbocycles. The maximum atomic E-state index is 13.2. The van der Waals surface area contributed by atoms with E-state index in [2.05, 4.69) is 59.0 Å². The number of thiophene rings is 1. The van der Waals surface area contributed by atoms with E-state index >= 15 is 0 Å². The van der Waals surface area contributed by atoms with Crippen molar-refractivity contribution in [3.63, 3.8) is 0 Å². The molecule has 0 radical (unpaired) electrons. The molecule has 0 spiro atoms. The Labute approximate surface area is 199 Å². The van der Waals surface area contributed by atoms with Gasteiger partial charge in [0.05, 0.1) is 11.5 Å². The molecule has 32 heavy (non-hydrogen) atoms. The van der Waals surface area contributed by atoms with Gasteiger partial charge in [0.2, 0.25) is 0 Å².